The summed E-state index contributed by atoms with van der Waals surface area (Å²) in [5, 5.41) is 41.8. The Bertz CT molecular complexity index is 577. The van der Waals surface area contributed by atoms with Gasteiger partial charge in [-0.2, -0.15) is 0 Å². The van der Waals surface area contributed by atoms with E-state index in [9.17, 15) is 20.1 Å². The van der Waals surface area contributed by atoms with Crippen LogP contribution in [0.4, 0.5) is 0 Å². The summed E-state index contributed by atoms with van der Waals surface area (Å²) in [6, 6.07) is 7.02. The maximum Gasteiger partial charge on any atom is 0.335 e. The number of hydrogen-bond donors (Lipinski definition) is 5. The number of aliphatic hydroxyl groups excluding tert-OH is 3. The quantitative estimate of drug-likeness (QED) is 0.408. The first kappa shape index (κ1) is 20.6. The summed E-state index contributed by atoms with van der Waals surface area (Å²) in [6.07, 6.45) is -6.97. The molecule has 1 aromatic carbocycles. The largest absolute Gasteiger partial charge is 0.479 e. The van der Waals surface area contributed by atoms with E-state index in [2.05, 4.69) is 19.2 Å². The molecule has 1 aromatic rings. The molecule has 0 spiro atoms. The van der Waals surface area contributed by atoms with E-state index in [1.807, 2.05) is 12.1 Å². The van der Waals surface area contributed by atoms with Gasteiger partial charge in [0.2, 0.25) is 6.29 Å². The fraction of sp³-hybridized carbons (Fsp3) is 0.611. The van der Waals surface area contributed by atoms with Crippen molar-refractivity contribution in [2.75, 3.05) is 6.54 Å². The SMILES string of the molecule is CC(C)CCNCc1ccc(OC2OC(C(=O)O)C(O)C(O)C2O)cc1. The molecule has 8 heteroatoms. The van der Waals surface area contributed by atoms with Crippen molar-refractivity contribution >= 4 is 5.97 Å². The molecule has 5 N–H and O–H groups in total. The zero-order chi connectivity index (χ0) is 19.3. The van der Waals surface area contributed by atoms with Crippen molar-refractivity contribution in [1.29, 1.82) is 0 Å². The fourth-order valence-corrected chi connectivity index (χ4v) is 2.59. The van der Waals surface area contributed by atoms with Crippen LogP contribution in [0, 0.1) is 5.92 Å². The lowest BCUT2D eigenvalue weighted by Gasteiger charge is -2.38. The summed E-state index contributed by atoms with van der Waals surface area (Å²) in [5.74, 6) is -0.448. The van der Waals surface area contributed by atoms with Crippen LogP contribution in [0.5, 0.6) is 5.75 Å². The second kappa shape index (κ2) is 9.29. The fourth-order valence-electron chi connectivity index (χ4n) is 2.59. The average Bonchev–Trinajstić information content (AvgIpc) is 2.60. The zero-order valence-corrected chi connectivity index (χ0v) is 14.9. The monoisotopic (exact) mass is 369 g/mol. The Morgan fingerprint density at radius 1 is 1.15 bits per heavy atom. The minimum Gasteiger partial charge on any atom is -0.479 e. The number of ether oxygens (including phenoxy) is 2. The third-order valence-corrected chi connectivity index (χ3v) is 4.22. The van der Waals surface area contributed by atoms with E-state index < -0.39 is 36.7 Å². The number of carbonyl (C=O) groups is 1. The summed E-state index contributed by atoms with van der Waals surface area (Å²) in [5.41, 5.74) is 1.05. The summed E-state index contributed by atoms with van der Waals surface area (Å²) >= 11 is 0. The molecule has 26 heavy (non-hydrogen) atoms. The number of benzene rings is 1. The zero-order valence-electron chi connectivity index (χ0n) is 14.9. The third kappa shape index (κ3) is 5.39. The van der Waals surface area contributed by atoms with E-state index in [4.69, 9.17) is 14.6 Å². The molecule has 0 radical (unpaired) electrons. The highest BCUT2D eigenvalue weighted by molar-refractivity contribution is 5.73. The maximum atomic E-state index is 11.1. The molecule has 0 aromatic heterocycles. The van der Waals surface area contributed by atoms with Crippen molar-refractivity contribution < 1.29 is 34.7 Å². The Morgan fingerprint density at radius 3 is 2.38 bits per heavy atom. The average molecular weight is 369 g/mol. The number of aliphatic carboxylic acids is 1. The Labute approximate surface area is 152 Å². The molecule has 8 nitrogen and oxygen atoms in total. The number of hydrogen-bond acceptors (Lipinski definition) is 7. The molecule has 1 aliphatic heterocycles. The van der Waals surface area contributed by atoms with Crippen molar-refractivity contribution in [3.8, 4) is 5.75 Å². The molecule has 1 aliphatic rings. The van der Waals surface area contributed by atoms with Crippen LogP contribution in [-0.4, -0.2) is 63.6 Å². The van der Waals surface area contributed by atoms with Gasteiger partial charge in [0.25, 0.3) is 0 Å². The highest BCUT2D eigenvalue weighted by Crippen LogP contribution is 2.24. The van der Waals surface area contributed by atoms with Crippen LogP contribution in [0.2, 0.25) is 0 Å². The van der Waals surface area contributed by atoms with E-state index in [1.54, 1.807) is 12.1 Å². The number of aliphatic hydroxyl groups is 3. The van der Waals surface area contributed by atoms with E-state index in [0.29, 0.717) is 18.2 Å². The number of nitrogens with one attached hydrogen (secondary N) is 1. The third-order valence-electron chi connectivity index (χ3n) is 4.22. The molecular weight excluding hydrogens is 342 g/mol. The molecule has 0 aliphatic carbocycles. The van der Waals surface area contributed by atoms with Crippen molar-refractivity contribution in [2.45, 2.75) is 57.5 Å². The van der Waals surface area contributed by atoms with Gasteiger partial charge in [0.15, 0.2) is 6.10 Å². The first-order chi connectivity index (χ1) is 12.3. The molecule has 1 fully saturated rings. The molecule has 0 bridgehead atoms. The summed E-state index contributed by atoms with van der Waals surface area (Å²) in [4.78, 5) is 11.1. The van der Waals surface area contributed by atoms with Gasteiger partial charge in [-0.15, -0.1) is 0 Å². The van der Waals surface area contributed by atoms with Gasteiger partial charge in [-0.3, -0.25) is 0 Å². The standard InChI is InChI=1S/C18H27NO7/c1-10(2)7-8-19-9-11-3-5-12(6-4-11)25-18-15(22)13(20)14(21)16(26-18)17(23)24/h3-6,10,13-16,18-22H,7-9H2,1-2H3,(H,23,24). The maximum absolute atomic E-state index is 11.1. The summed E-state index contributed by atoms with van der Waals surface area (Å²) in [7, 11) is 0. The van der Waals surface area contributed by atoms with Gasteiger partial charge in [0.1, 0.15) is 24.1 Å². The lowest BCUT2D eigenvalue weighted by molar-refractivity contribution is -0.271. The summed E-state index contributed by atoms with van der Waals surface area (Å²) < 4.78 is 10.5. The van der Waals surface area contributed by atoms with Gasteiger partial charge < -0.3 is 35.2 Å². The molecule has 1 saturated heterocycles. The second-order valence-corrected chi connectivity index (χ2v) is 6.86. The summed E-state index contributed by atoms with van der Waals surface area (Å²) in [6.45, 7) is 5.97. The Kier molecular flexibility index (Phi) is 7.36. The van der Waals surface area contributed by atoms with Gasteiger partial charge in [0.05, 0.1) is 0 Å². The normalized spacial score (nSPS) is 28.9. The lowest BCUT2D eigenvalue weighted by atomic mass is 9.99. The first-order valence-corrected chi connectivity index (χ1v) is 8.68. The minimum absolute atomic E-state index is 0.354. The Morgan fingerprint density at radius 2 is 1.81 bits per heavy atom. The van der Waals surface area contributed by atoms with Crippen LogP contribution in [0.25, 0.3) is 0 Å². The van der Waals surface area contributed by atoms with Crippen molar-refractivity contribution in [2.24, 2.45) is 5.92 Å². The van der Waals surface area contributed by atoms with E-state index in [-0.39, 0.29) is 0 Å². The second-order valence-electron chi connectivity index (χ2n) is 6.86. The van der Waals surface area contributed by atoms with Gasteiger partial charge in [-0.25, -0.2) is 4.79 Å². The number of rotatable bonds is 8. The Balaban J connectivity index is 1.92. The van der Waals surface area contributed by atoms with Crippen molar-refractivity contribution in [3.05, 3.63) is 29.8 Å². The lowest BCUT2D eigenvalue weighted by Crippen LogP contribution is -2.61. The van der Waals surface area contributed by atoms with Gasteiger partial charge in [0, 0.05) is 6.54 Å². The van der Waals surface area contributed by atoms with Crippen LogP contribution in [0.3, 0.4) is 0 Å². The molecule has 5 unspecified atom stereocenters. The molecule has 0 saturated carbocycles. The first-order valence-electron chi connectivity index (χ1n) is 8.68. The topological polar surface area (TPSA) is 128 Å². The number of carboxylic acids is 1. The highest BCUT2D eigenvalue weighted by atomic mass is 16.7. The molecular formula is C18H27NO7. The van der Waals surface area contributed by atoms with Crippen LogP contribution >= 0.6 is 0 Å². The molecule has 1 heterocycles. The predicted octanol–water partition coefficient (Wildman–Crippen LogP) is 0.0933. The minimum atomic E-state index is -1.73. The van der Waals surface area contributed by atoms with Crippen LogP contribution in [-0.2, 0) is 16.1 Å². The van der Waals surface area contributed by atoms with Crippen LogP contribution in [0.1, 0.15) is 25.8 Å². The number of carboxylic acid groups (broad SMARTS) is 1. The van der Waals surface area contributed by atoms with Crippen molar-refractivity contribution in [1.82, 2.24) is 5.32 Å². The molecule has 0 amide bonds. The van der Waals surface area contributed by atoms with Gasteiger partial charge in [-0.1, -0.05) is 26.0 Å². The van der Waals surface area contributed by atoms with E-state index in [1.165, 1.54) is 0 Å². The van der Waals surface area contributed by atoms with Gasteiger partial charge in [-0.05, 0) is 36.6 Å². The smallest absolute Gasteiger partial charge is 0.335 e. The van der Waals surface area contributed by atoms with Gasteiger partial charge >= 0.3 is 5.97 Å². The van der Waals surface area contributed by atoms with Crippen LogP contribution in [0.15, 0.2) is 24.3 Å². The van der Waals surface area contributed by atoms with E-state index in [0.717, 1.165) is 18.5 Å². The predicted molar refractivity (Wildman–Crippen MR) is 92.5 cm³/mol. The van der Waals surface area contributed by atoms with Crippen LogP contribution < -0.4 is 10.1 Å². The van der Waals surface area contributed by atoms with Crippen molar-refractivity contribution in [3.63, 3.8) is 0 Å². The highest BCUT2D eigenvalue weighted by Gasteiger charge is 2.48. The molecule has 5 atom stereocenters. The Hall–Kier alpha value is -1.71. The molecule has 146 valence electrons. The van der Waals surface area contributed by atoms with E-state index >= 15 is 0 Å². The molecule has 2 rings (SSSR count).